The van der Waals surface area contributed by atoms with Crippen molar-refractivity contribution < 1.29 is 38.1 Å². The average Bonchev–Trinajstić information content (AvgIpc) is 3.16. The molecule has 0 saturated carbocycles. The zero-order chi connectivity index (χ0) is 17.1. The summed E-state index contributed by atoms with van der Waals surface area (Å²) in [6.07, 6.45) is -1.13. The summed E-state index contributed by atoms with van der Waals surface area (Å²) >= 11 is 0. The normalized spacial score (nSPS) is 22.7. The lowest BCUT2D eigenvalue weighted by atomic mass is 10.1. The Morgan fingerprint density at radius 3 is 1.46 bits per heavy atom. The van der Waals surface area contributed by atoms with Crippen LogP contribution in [0.1, 0.15) is 33.6 Å². The highest BCUT2D eigenvalue weighted by atomic mass is 16.6. The predicted octanol–water partition coefficient (Wildman–Crippen LogP) is 0.631. The van der Waals surface area contributed by atoms with Gasteiger partial charge in [-0.05, 0) is 24.3 Å². The quantitative estimate of drug-likeness (QED) is 0.583. The summed E-state index contributed by atoms with van der Waals surface area (Å²) < 4.78 is 19.5. The molecule has 8 heteroatoms. The Kier molecular flexibility index (Phi) is 4.45. The summed E-state index contributed by atoms with van der Waals surface area (Å²) in [5, 5.41) is 0. The SMILES string of the molecule is O=C(OC1CCOC1=O)c1ccc(C(=O)OC2CCOC2=O)cc1. The molecule has 0 amide bonds. The standard InChI is InChI=1S/C16H14O8/c17-13(23-11-5-7-21-15(11)19)9-1-2-10(4-3-9)14(18)24-12-6-8-22-16(12)20/h1-4,11-12H,5-8H2. The minimum absolute atomic E-state index is 0.187. The highest BCUT2D eigenvalue weighted by molar-refractivity contribution is 5.95. The number of carbonyl (C=O) groups excluding carboxylic acids is 4. The third-order valence-electron chi connectivity index (χ3n) is 3.63. The van der Waals surface area contributed by atoms with E-state index in [-0.39, 0.29) is 24.3 Å². The van der Waals surface area contributed by atoms with Crippen LogP contribution < -0.4 is 0 Å². The summed E-state index contributed by atoms with van der Waals surface area (Å²) in [5.41, 5.74) is 0.373. The number of cyclic esters (lactones) is 2. The maximum atomic E-state index is 11.9. The van der Waals surface area contributed by atoms with E-state index >= 15 is 0 Å². The van der Waals surface area contributed by atoms with Crippen molar-refractivity contribution in [2.24, 2.45) is 0 Å². The lowest BCUT2D eigenvalue weighted by Gasteiger charge is -2.10. The van der Waals surface area contributed by atoms with Crippen molar-refractivity contribution in [2.75, 3.05) is 13.2 Å². The predicted molar refractivity (Wildman–Crippen MR) is 76.0 cm³/mol. The molecule has 2 unspecified atom stereocenters. The Morgan fingerprint density at radius 1 is 0.792 bits per heavy atom. The van der Waals surface area contributed by atoms with E-state index in [9.17, 15) is 19.2 Å². The van der Waals surface area contributed by atoms with E-state index < -0.39 is 36.1 Å². The monoisotopic (exact) mass is 334 g/mol. The fourth-order valence-electron chi connectivity index (χ4n) is 2.31. The first-order valence-corrected chi connectivity index (χ1v) is 7.40. The molecule has 0 bridgehead atoms. The van der Waals surface area contributed by atoms with Crippen molar-refractivity contribution >= 4 is 23.9 Å². The summed E-state index contributed by atoms with van der Waals surface area (Å²) in [6.45, 7) is 0.455. The van der Waals surface area contributed by atoms with E-state index in [2.05, 4.69) is 0 Å². The molecule has 0 spiro atoms. The lowest BCUT2D eigenvalue weighted by Crippen LogP contribution is -2.23. The number of hydrogen-bond donors (Lipinski definition) is 0. The summed E-state index contributed by atoms with van der Waals surface area (Å²) in [4.78, 5) is 46.4. The van der Waals surface area contributed by atoms with Crippen LogP contribution in [-0.4, -0.2) is 49.3 Å². The van der Waals surface area contributed by atoms with Crippen molar-refractivity contribution in [3.8, 4) is 0 Å². The van der Waals surface area contributed by atoms with Crippen molar-refractivity contribution in [2.45, 2.75) is 25.0 Å². The first kappa shape index (κ1) is 16.0. The first-order chi connectivity index (χ1) is 11.5. The molecule has 1 aromatic carbocycles. The Labute approximate surface area is 136 Å². The number of carbonyl (C=O) groups is 4. The van der Waals surface area contributed by atoms with E-state index in [0.29, 0.717) is 12.8 Å². The molecule has 1 aromatic rings. The van der Waals surface area contributed by atoms with Gasteiger partial charge in [-0.1, -0.05) is 0 Å². The van der Waals surface area contributed by atoms with E-state index in [1.165, 1.54) is 24.3 Å². The van der Waals surface area contributed by atoms with Crippen LogP contribution in [0.5, 0.6) is 0 Å². The topological polar surface area (TPSA) is 105 Å². The van der Waals surface area contributed by atoms with Gasteiger partial charge < -0.3 is 18.9 Å². The Balaban J connectivity index is 1.60. The second-order valence-electron chi connectivity index (χ2n) is 5.28. The molecule has 2 aliphatic heterocycles. The molecule has 2 aliphatic rings. The fourth-order valence-corrected chi connectivity index (χ4v) is 2.31. The molecule has 0 aliphatic carbocycles. The minimum atomic E-state index is -0.893. The molecule has 2 fully saturated rings. The summed E-state index contributed by atoms with van der Waals surface area (Å²) in [7, 11) is 0. The number of benzene rings is 1. The van der Waals surface area contributed by atoms with Gasteiger partial charge in [0.05, 0.1) is 24.3 Å². The van der Waals surface area contributed by atoms with Crippen molar-refractivity contribution in [3.63, 3.8) is 0 Å². The number of hydrogen-bond acceptors (Lipinski definition) is 8. The maximum Gasteiger partial charge on any atom is 0.347 e. The Morgan fingerprint density at radius 2 is 1.17 bits per heavy atom. The molecule has 2 heterocycles. The van der Waals surface area contributed by atoms with Crippen LogP contribution >= 0.6 is 0 Å². The fraction of sp³-hybridized carbons (Fsp3) is 0.375. The largest absolute Gasteiger partial charge is 0.463 e. The summed E-state index contributed by atoms with van der Waals surface area (Å²) in [6, 6.07) is 5.52. The Hall–Kier alpha value is -2.90. The first-order valence-electron chi connectivity index (χ1n) is 7.40. The third-order valence-corrected chi connectivity index (χ3v) is 3.63. The molecule has 0 N–H and O–H groups in total. The van der Waals surface area contributed by atoms with Crippen molar-refractivity contribution in [1.29, 1.82) is 0 Å². The highest BCUT2D eigenvalue weighted by Crippen LogP contribution is 2.16. The van der Waals surface area contributed by atoms with Gasteiger partial charge in [-0.3, -0.25) is 0 Å². The maximum absolute atomic E-state index is 11.9. The average molecular weight is 334 g/mol. The van der Waals surface area contributed by atoms with Gasteiger partial charge in [0.25, 0.3) is 0 Å². The number of rotatable bonds is 4. The van der Waals surface area contributed by atoms with Crippen LogP contribution in [0.3, 0.4) is 0 Å². The molecule has 3 rings (SSSR count). The molecule has 0 radical (unpaired) electrons. The molecule has 0 aromatic heterocycles. The van der Waals surface area contributed by atoms with Crippen molar-refractivity contribution in [1.82, 2.24) is 0 Å². The smallest absolute Gasteiger partial charge is 0.347 e. The van der Waals surface area contributed by atoms with Gasteiger partial charge in [0, 0.05) is 12.8 Å². The van der Waals surface area contributed by atoms with Crippen molar-refractivity contribution in [3.05, 3.63) is 35.4 Å². The minimum Gasteiger partial charge on any atom is -0.463 e. The van der Waals surface area contributed by atoms with E-state index in [0.717, 1.165) is 0 Å². The van der Waals surface area contributed by atoms with Gasteiger partial charge in [-0.2, -0.15) is 0 Å². The van der Waals surface area contributed by atoms with Crippen LogP contribution in [0.15, 0.2) is 24.3 Å². The van der Waals surface area contributed by atoms with Gasteiger partial charge in [-0.25, -0.2) is 19.2 Å². The second-order valence-corrected chi connectivity index (χ2v) is 5.28. The van der Waals surface area contributed by atoms with E-state index in [1.54, 1.807) is 0 Å². The molecule has 8 nitrogen and oxygen atoms in total. The van der Waals surface area contributed by atoms with E-state index in [4.69, 9.17) is 18.9 Å². The van der Waals surface area contributed by atoms with Crippen LogP contribution in [0.4, 0.5) is 0 Å². The zero-order valence-corrected chi connectivity index (χ0v) is 12.6. The second kappa shape index (κ2) is 6.69. The van der Waals surface area contributed by atoms with Gasteiger partial charge in [0.2, 0.25) is 12.2 Å². The Bertz CT molecular complexity index is 619. The molecule has 2 saturated heterocycles. The van der Waals surface area contributed by atoms with Gasteiger partial charge in [0.1, 0.15) is 0 Å². The summed E-state index contributed by atoms with van der Waals surface area (Å²) in [5.74, 6) is -2.49. The van der Waals surface area contributed by atoms with Crippen LogP contribution in [0, 0.1) is 0 Å². The molecule has 2 atom stereocenters. The highest BCUT2D eigenvalue weighted by Gasteiger charge is 2.31. The van der Waals surface area contributed by atoms with Gasteiger partial charge in [-0.15, -0.1) is 0 Å². The molecular weight excluding hydrogens is 320 g/mol. The third kappa shape index (κ3) is 3.37. The van der Waals surface area contributed by atoms with E-state index in [1.807, 2.05) is 0 Å². The van der Waals surface area contributed by atoms with Crippen LogP contribution in [-0.2, 0) is 28.5 Å². The molecule has 126 valence electrons. The lowest BCUT2D eigenvalue weighted by molar-refractivity contribution is -0.145. The number of ether oxygens (including phenoxy) is 4. The van der Waals surface area contributed by atoms with Gasteiger partial charge in [0.15, 0.2) is 0 Å². The number of esters is 4. The van der Waals surface area contributed by atoms with Crippen LogP contribution in [0.25, 0.3) is 0 Å². The molecular formula is C16H14O8. The van der Waals surface area contributed by atoms with Gasteiger partial charge >= 0.3 is 23.9 Å². The molecule has 24 heavy (non-hydrogen) atoms. The zero-order valence-electron chi connectivity index (χ0n) is 12.6. The van der Waals surface area contributed by atoms with Crippen LogP contribution in [0.2, 0.25) is 0 Å².